The summed E-state index contributed by atoms with van der Waals surface area (Å²) in [6, 6.07) is 16.4. The van der Waals surface area contributed by atoms with Crippen LogP contribution in [-0.2, 0) is 13.6 Å². The van der Waals surface area contributed by atoms with Gasteiger partial charge in [-0.15, -0.1) is 0 Å². The van der Waals surface area contributed by atoms with E-state index in [9.17, 15) is 4.57 Å². The zero-order chi connectivity index (χ0) is 15.1. The lowest BCUT2D eigenvalue weighted by molar-refractivity contribution is 0.230. The molecule has 21 heavy (non-hydrogen) atoms. The fourth-order valence-electron chi connectivity index (χ4n) is 1.85. The maximum atomic E-state index is 12.6. The molecule has 112 valence electrons. The van der Waals surface area contributed by atoms with Crippen LogP contribution in [0, 0.1) is 0 Å². The maximum absolute atomic E-state index is 12.6. The van der Waals surface area contributed by atoms with E-state index in [0.717, 1.165) is 5.75 Å². The Hall–Kier alpha value is -1.61. The van der Waals surface area contributed by atoms with Crippen LogP contribution in [0.25, 0.3) is 0 Å². The normalized spacial score (nSPS) is 11.3. The Morgan fingerprint density at radius 3 is 1.86 bits per heavy atom. The fraction of sp³-hybridized carbons (Fsp3) is 0.250. The standard InChI is InChI=1S/C16H19O4P/c1-3-18-21(17,19-4-2)16-12-10-15(11-13-16)20-14-8-6-5-7-9-14/h5-13H,3-4H2,1-2H3. The Bertz CT molecular complexity index is 585. The van der Waals surface area contributed by atoms with Crippen LogP contribution in [0.15, 0.2) is 54.6 Å². The van der Waals surface area contributed by atoms with Crippen molar-refractivity contribution in [2.24, 2.45) is 0 Å². The average molecular weight is 306 g/mol. The second-order valence-corrected chi connectivity index (χ2v) is 6.27. The number of hydrogen-bond donors (Lipinski definition) is 0. The number of rotatable bonds is 7. The van der Waals surface area contributed by atoms with E-state index in [1.54, 1.807) is 38.1 Å². The smallest absolute Gasteiger partial charge is 0.361 e. The molecule has 0 saturated heterocycles. The molecule has 0 aliphatic carbocycles. The van der Waals surface area contributed by atoms with Gasteiger partial charge in [-0.05, 0) is 50.2 Å². The topological polar surface area (TPSA) is 44.8 Å². The molecule has 2 rings (SSSR count). The Morgan fingerprint density at radius 1 is 0.810 bits per heavy atom. The molecule has 0 aliphatic rings. The fourth-order valence-corrected chi connectivity index (χ4v) is 3.41. The van der Waals surface area contributed by atoms with Crippen molar-refractivity contribution in [1.82, 2.24) is 0 Å². The zero-order valence-corrected chi connectivity index (χ0v) is 13.1. The van der Waals surface area contributed by atoms with E-state index >= 15 is 0 Å². The van der Waals surface area contributed by atoms with Crippen LogP contribution in [0.2, 0.25) is 0 Å². The Labute approximate surface area is 125 Å². The van der Waals surface area contributed by atoms with Crippen molar-refractivity contribution < 1.29 is 18.3 Å². The van der Waals surface area contributed by atoms with E-state index in [-0.39, 0.29) is 0 Å². The molecule has 5 heteroatoms. The van der Waals surface area contributed by atoms with Crippen molar-refractivity contribution in [2.45, 2.75) is 13.8 Å². The van der Waals surface area contributed by atoms with Gasteiger partial charge in [0.1, 0.15) is 11.5 Å². The first-order chi connectivity index (χ1) is 10.2. The average Bonchev–Trinajstić information content (AvgIpc) is 2.49. The lowest BCUT2D eigenvalue weighted by Crippen LogP contribution is -2.10. The predicted molar refractivity (Wildman–Crippen MR) is 83.5 cm³/mol. The maximum Gasteiger partial charge on any atom is 0.361 e. The van der Waals surface area contributed by atoms with Gasteiger partial charge in [0.15, 0.2) is 0 Å². The third-order valence-corrected chi connectivity index (χ3v) is 4.86. The van der Waals surface area contributed by atoms with Crippen molar-refractivity contribution in [3.05, 3.63) is 54.6 Å². The molecule has 0 amide bonds. The van der Waals surface area contributed by atoms with Crippen molar-refractivity contribution in [3.63, 3.8) is 0 Å². The third-order valence-electron chi connectivity index (χ3n) is 2.73. The third kappa shape index (κ3) is 4.18. The zero-order valence-electron chi connectivity index (χ0n) is 12.2. The van der Waals surface area contributed by atoms with Gasteiger partial charge in [0, 0.05) is 0 Å². The summed E-state index contributed by atoms with van der Waals surface area (Å²) in [7, 11) is -3.23. The second-order valence-electron chi connectivity index (χ2n) is 4.24. The molecule has 4 nitrogen and oxygen atoms in total. The number of hydrogen-bond acceptors (Lipinski definition) is 4. The van der Waals surface area contributed by atoms with Gasteiger partial charge in [-0.3, -0.25) is 4.57 Å². The van der Waals surface area contributed by atoms with Crippen LogP contribution >= 0.6 is 7.60 Å². The molecule has 0 N–H and O–H groups in total. The first-order valence-corrected chi connectivity index (χ1v) is 8.45. The van der Waals surface area contributed by atoms with Crippen molar-refractivity contribution in [3.8, 4) is 11.5 Å². The van der Waals surface area contributed by atoms with Crippen LogP contribution in [-0.4, -0.2) is 13.2 Å². The Kier molecular flexibility index (Phi) is 5.57. The minimum Gasteiger partial charge on any atom is -0.457 e. The minimum atomic E-state index is -3.23. The first kappa shape index (κ1) is 15.8. The van der Waals surface area contributed by atoms with Gasteiger partial charge in [0.25, 0.3) is 0 Å². The molecule has 0 unspecified atom stereocenters. The molecule has 0 atom stereocenters. The van der Waals surface area contributed by atoms with E-state index in [4.69, 9.17) is 13.8 Å². The van der Waals surface area contributed by atoms with Gasteiger partial charge in [-0.1, -0.05) is 18.2 Å². The molecule has 0 bridgehead atoms. The van der Waals surface area contributed by atoms with E-state index in [2.05, 4.69) is 0 Å². The van der Waals surface area contributed by atoms with Crippen molar-refractivity contribution in [2.75, 3.05) is 13.2 Å². The van der Waals surface area contributed by atoms with E-state index in [1.165, 1.54) is 0 Å². The lowest BCUT2D eigenvalue weighted by Gasteiger charge is -2.17. The highest BCUT2D eigenvalue weighted by molar-refractivity contribution is 7.62. The summed E-state index contributed by atoms with van der Waals surface area (Å²) in [4.78, 5) is 0. The van der Waals surface area contributed by atoms with Gasteiger partial charge in [0.05, 0.1) is 18.5 Å². The van der Waals surface area contributed by atoms with Crippen molar-refractivity contribution in [1.29, 1.82) is 0 Å². The highest BCUT2D eigenvalue weighted by atomic mass is 31.2. The molecule has 0 aromatic heterocycles. The molecule has 0 fully saturated rings. The van der Waals surface area contributed by atoms with Gasteiger partial charge < -0.3 is 13.8 Å². The molecular weight excluding hydrogens is 287 g/mol. The molecule has 0 radical (unpaired) electrons. The predicted octanol–water partition coefficient (Wildman–Crippen LogP) is 4.37. The molecular formula is C16H19O4P. The summed E-state index contributed by atoms with van der Waals surface area (Å²) in [6.07, 6.45) is 0. The monoisotopic (exact) mass is 306 g/mol. The van der Waals surface area contributed by atoms with E-state index < -0.39 is 7.60 Å². The molecule has 0 saturated carbocycles. The number of benzene rings is 2. The van der Waals surface area contributed by atoms with Gasteiger partial charge in [0.2, 0.25) is 0 Å². The Morgan fingerprint density at radius 2 is 1.33 bits per heavy atom. The molecule has 2 aromatic rings. The van der Waals surface area contributed by atoms with Crippen LogP contribution < -0.4 is 10.0 Å². The van der Waals surface area contributed by atoms with E-state index in [0.29, 0.717) is 24.3 Å². The number of para-hydroxylation sites is 1. The highest BCUT2D eigenvalue weighted by Crippen LogP contribution is 2.46. The summed E-state index contributed by atoms with van der Waals surface area (Å²) in [5, 5.41) is 0.534. The molecule has 0 heterocycles. The number of ether oxygens (including phenoxy) is 1. The van der Waals surface area contributed by atoms with Crippen LogP contribution in [0.1, 0.15) is 13.8 Å². The van der Waals surface area contributed by atoms with Crippen LogP contribution in [0.4, 0.5) is 0 Å². The lowest BCUT2D eigenvalue weighted by atomic mass is 10.3. The summed E-state index contributed by atoms with van der Waals surface area (Å²) in [5.41, 5.74) is 0. The summed E-state index contributed by atoms with van der Waals surface area (Å²) >= 11 is 0. The SMILES string of the molecule is CCOP(=O)(OCC)c1ccc(Oc2ccccc2)cc1. The highest BCUT2D eigenvalue weighted by Gasteiger charge is 2.26. The quantitative estimate of drug-likeness (QED) is 0.712. The van der Waals surface area contributed by atoms with Gasteiger partial charge >= 0.3 is 7.60 Å². The van der Waals surface area contributed by atoms with Crippen LogP contribution in [0.5, 0.6) is 11.5 Å². The minimum absolute atomic E-state index is 0.333. The first-order valence-electron chi connectivity index (χ1n) is 6.90. The summed E-state index contributed by atoms with van der Waals surface area (Å²) < 4.78 is 28.9. The molecule has 2 aromatic carbocycles. The van der Waals surface area contributed by atoms with E-state index in [1.807, 2.05) is 30.3 Å². The van der Waals surface area contributed by atoms with Gasteiger partial charge in [-0.25, -0.2) is 0 Å². The Balaban J connectivity index is 2.16. The molecule has 0 aliphatic heterocycles. The van der Waals surface area contributed by atoms with Crippen LogP contribution in [0.3, 0.4) is 0 Å². The van der Waals surface area contributed by atoms with Crippen molar-refractivity contribution >= 4 is 12.9 Å². The summed E-state index contributed by atoms with van der Waals surface area (Å²) in [6.45, 7) is 4.25. The second kappa shape index (κ2) is 7.41. The largest absolute Gasteiger partial charge is 0.457 e. The van der Waals surface area contributed by atoms with Gasteiger partial charge in [-0.2, -0.15) is 0 Å². The molecule has 0 spiro atoms. The summed E-state index contributed by atoms with van der Waals surface area (Å²) in [5.74, 6) is 1.42.